The molecule has 1 atom stereocenters. The molecular formula is C11H13N2O6S-. The summed E-state index contributed by atoms with van der Waals surface area (Å²) in [6.07, 6.45) is 0. The number of carbonyl (C=O) groups is 1. The van der Waals surface area contributed by atoms with Gasteiger partial charge in [-0.3, -0.25) is 10.1 Å². The number of rotatable bonds is 6. The maximum atomic E-state index is 12.0. The van der Waals surface area contributed by atoms with Gasteiger partial charge in [0.25, 0.3) is 5.69 Å². The van der Waals surface area contributed by atoms with Crippen molar-refractivity contribution in [2.24, 2.45) is 5.92 Å². The molecule has 20 heavy (non-hydrogen) atoms. The van der Waals surface area contributed by atoms with Gasteiger partial charge in [-0.2, -0.15) is 0 Å². The van der Waals surface area contributed by atoms with Crippen LogP contribution in [0.1, 0.15) is 13.8 Å². The number of nitrogens with zero attached hydrogens (tertiary/aromatic N) is 1. The normalized spacial score (nSPS) is 13.2. The highest BCUT2D eigenvalue weighted by atomic mass is 32.2. The van der Waals surface area contributed by atoms with Crippen LogP contribution in [0, 0.1) is 16.0 Å². The molecule has 0 saturated heterocycles. The highest BCUT2D eigenvalue weighted by molar-refractivity contribution is 7.89. The van der Waals surface area contributed by atoms with Crippen LogP contribution in [0.5, 0.6) is 0 Å². The number of carboxylic acid groups (broad SMARTS) is 1. The lowest BCUT2D eigenvalue weighted by atomic mass is 10.1. The largest absolute Gasteiger partial charge is 0.548 e. The first kappa shape index (κ1) is 16.1. The van der Waals surface area contributed by atoms with Gasteiger partial charge in [0.15, 0.2) is 0 Å². The van der Waals surface area contributed by atoms with E-state index < -0.39 is 32.9 Å². The number of sulfonamides is 1. The Morgan fingerprint density at radius 1 is 1.25 bits per heavy atom. The lowest BCUT2D eigenvalue weighted by Crippen LogP contribution is -2.50. The molecule has 0 aliphatic heterocycles. The van der Waals surface area contributed by atoms with Gasteiger partial charge in [-0.25, -0.2) is 13.1 Å². The average Bonchev–Trinajstić information content (AvgIpc) is 2.35. The van der Waals surface area contributed by atoms with Crippen molar-refractivity contribution in [2.75, 3.05) is 0 Å². The molecule has 110 valence electrons. The maximum Gasteiger partial charge on any atom is 0.269 e. The van der Waals surface area contributed by atoms with Crippen LogP contribution in [-0.2, 0) is 14.8 Å². The second-order valence-electron chi connectivity index (χ2n) is 4.41. The average molecular weight is 301 g/mol. The number of non-ortho nitro benzene ring substituents is 1. The Kier molecular flexibility index (Phi) is 4.79. The Morgan fingerprint density at radius 2 is 1.75 bits per heavy atom. The van der Waals surface area contributed by atoms with Crippen LogP contribution in [0.4, 0.5) is 5.69 Å². The standard InChI is InChI=1S/C11H14N2O6S/c1-7(2)10(11(14)15)12-20(18,19)9-5-3-8(4-6-9)13(16)17/h3-7,10,12H,1-2H3,(H,14,15)/p-1/t10-/m1/s1. The zero-order chi connectivity index (χ0) is 15.5. The molecule has 0 bridgehead atoms. The fourth-order valence-electron chi connectivity index (χ4n) is 1.44. The molecule has 0 aromatic heterocycles. The summed E-state index contributed by atoms with van der Waals surface area (Å²) < 4.78 is 25.9. The van der Waals surface area contributed by atoms with Gasteiger partial charge in [0.2, 0.25) is 10.0 Å². The number of nitro benzene ring substituents is 1. The van der Waals surface area contributed by atoms with E-state index in [2.05, 4.69) is 0 Å². The van der Waals surface area contributed by atoms with E-state index >= 15 is 0 Å². The summed E-state index contributed by atoms with van der Waals surface area (Å²) in [5.41, 5.74) is -0.260. The smallest absolute Gasteiger partial charge is 0.269 e. The minimum Gasteiger partial charge on any atom is -0.548 e. The third-order valence-corrected chi connectivity index (χ3v) is 4.02. The molecule has 1 aromatic carbocycles. The van der Waals surface area contributed by atoms with Gasteiger partial charge in [0, 0.05) is 12.1 Å². The van der Waals surface area contributed by atoms with Gasteiger partial charge in [0.1, 0.15) is 0 Å². The third kappa shape index (κ3) is 3.75. The predicted octanol–water partition coefficient (Wildman–Crippen LogP) is -0.352. The molecule has 9 heteroatoms. The first-order valence-corrected chi connectivity index (χ1v) is 7.11. The van der Waals surface area contributed by atoms with Gasteiger partial charge in [0.05, 0.1) is 21.8 Å². The molecule has 0 aliphatic carbocycles. The molecular weight excluding hydrogens is 288 g/mol. The molecule has 0 spiro atoms. The van der Waals surface area contributed by atoms with E-state index in [0.717, 1.165) is 24.3 Å². The van der Waals surface area contributed by atoms with E-state index in [1.807, 2.05) is 4.72 Å². The van der Waals surface area contributed by atoms with Crippen LogP contribution in [-0.4, -0.2) is 25.4 Å². The van der Waals surface area contributed by atoms with Crippen molar-refractivity contribution in [1.82, 2.24) is 4.72 Å². The SMILES string of the molecule is CC(C)[C@@H](NS(=O)(=O)c1ccc([N+](=O)[O-])cc1)C(=O)[O-]. The summed E-state index contributed by atoms with van der Waals surface area (Å²) in [7, 11) is -4.09. The van der Waals surface area contributed by atoms with E-state index in [1.165, 1.54) is 13.8 Å². The van der Waals surface area contributed by atoms with E-state index in [4.69, 9.17) is 0 Å². The van der Waals surface area contributed by atoms with Crippen molar-refractivity contribution in [3.8, 4) is 0 Å². The van der Waals surface area contributed by atoms with E-state index in [-0.39, 0.29) is 10.6 Å². The number of nitrogens with one attached hydrogen (secondary N) is 1. The van der Waals surface area contributed by atoms with Crippen molar-refractivity contribution in [3.05, 3.63) is 34.4 Å². The molecule has 0 fully saturated rings. The van der Waals surface area contributed by atoms with E-state index in [1.54, 1.807) is 0 Å². The van der Waals surface area contributed by atoms with Crippen LogP contribution < -0.4 is 9.83 Å². The second kappa shape index (κ2) is 5.97. The topological polar surface area (TPSA) is 129 Å². The quantitative estimate of drug-likeness (QED) is 0.564. The number of hydrogen-bond donors (Lipinski definition) is 1. The number of carbonyl (C=O) groups excluding carboxylic acids is 1. The van der Waals surface area contributed by atoms with Crippen LogP contribution in [0.25, 0.3) is 0 Å². The van der Waals surface area contributed by atoms with Crippen LogP contribution >= 0.6 is 0 Å². The summed E-state index contributed by atoms with van der Waals surface area (Å²) in [5, 5.41) is 21.3. The Labute approximate surface area is 115 Å². The fourth-order valence-corrected chi connectivity index (χ4v) is 2.77. The number of hydrogen-bond acceptors (Lipinski definition) is 6. The molecule has 0 heterocycles. The van der Waals surface area contributed by atoms with Gasteiger partial charge in [-0.05, 0) is 18.1 Å². The summed E-state index contributed by atoms with van der Waals surface area (Å²) in [4.78, 5) is 20.4. The Morgan fingerprint density at radius 3 is 2.10 bits per heavy atom. The van der Waals surface area contributed by atoms with Crippen molar-refractivity contribution < 1.29 is 23.2 Å². The molecule has 1 aromatic rings. The highest BCUT2D eigenvalue weighted by Gasteiger charge is 2.23. The highest BCUT2D eigenvalue weighted by Crippen LogP contribution is 2.16. The van der Waals surface area contributed by atoms with Gasteiger partial charge in [-0.1, -0.05) is 13.8 Å². The Bertz CT molecular complexity index is 608. The summed E-state index contributed by atoms with van der Waals surface area (Å²) in [6.45, 7) is 3.05. The van der Waals surface area contributed by atoms with Gasteiger partial charge >= 0.3 is 0 Å². The lowest BCUT2D eigenvalue weighted by molar-refractivity contribution is -0.384. The number of aliphatic carboxylic acids is 1. The summed E-state index contributed by atoms with van der Waals surface area (Å²) >= 11 is 0. The van der Waals surface area contributed by atoms with Crippen LogP contribution in [0.2, 0.25) is 0 Å². The van der Waals surface area contributed by atoms with Crippen molar-refractivity contribution in [3.63, 3.8) is 0 Å². The maximum absolute atomic E-state index is 12.0. The number of benzene rings is 1. The summed E-state index contributed by atoms with van der Waals surface area (Å²) in [5.74, 6) is -2.04. The molecule has 8 nitrogen and oxygen atoms in total. The molecule has 0 unspecified atom stereocenters. The van der Waals surface area contributed by atoms with Crippen molar-refractivity contribution in [1.29, 1.82) is 0 Å². The number of nitro groups is 1. The van der Waals surface area contributed by atoms with Gasteiger partial charge in [-0.15, -0.1) is 0 Å². The van der Waals surface area contributed by atoms with Crippen LogP contribution in [0.3, 0.4) is 0 Å². The minimum absolute atomic E-state index is 0.255. The summed E-state index contributed by atoms with van der Waals surface area (Å²) in [6, 6.07) is 2.74. The van der Waals surface area contributed by atoms with E-state index in [9.17, 15) is 28.4 Å². The molecule has 0 radical (unpaired) electrons. The van der Waals surface area contributed by atoms with Crippen molar-refractivity contribution >= 4 is 21.7 Å². The zero-order valence-electron chi connectivity index (χ0n) is 10.8. The predicted molar refractivity (Wildman–Crippen MR) is 67.1 cm³/mol. The first-order valence-electron chi connectivity index (χ1n) is 5.63. The van der Waals surface area contributed by atoms with Crippen LogP contribution in [0.15, 0.2) is 29.2 Å². The van der Waals surface area contributed by atoms with Crippen molar-refractivity contribution in [2.45, 2.75) is 24.8 Å². The van der Waals surface area contributed by atoms with Gasteiger partial charge < -0.3 is 9.90 Å². The molecule has 1 rings (SSSR count). The minimum atomic E-state index is -4.09. The zero-order valence-corrected chi connectivity index (χ0v) is 11.6. The van der Waals surface area contributed by atoms with E-state index in [0.29, 0.717) is 0 Å². The monoisotopic (exact) mass is 301 g/mol. The molecule has 0 aliphatic rings. The number of carboxylic acids is 1. The molecule has 1 N–H and O–H groups in total. The Hall–Kier alpha value is -2.00. The molecule has 0 amide bonds. The first-order chi connectivity index (χ1) is 9.15. The third-order valence-electron chi connectivity index (χ3n) is 2.56. The molecule has 0 saturated carbocycles. The fraction of sp³-hybridized carbons (Fsp3) is 0.364. The Balaban J connectivity index is 3.04. The lowest BCUT2D eigenvalue weighted by Gasteiger charge is -2.22. The second-order valence-corrected chi connectivity index (χ2v) is 6.13.